The summed E-state index contributed by atoms with van der Waals surface area (Å²) in [7, 11) is 0. The van der Waals surface area contributed by atoms with Crippen LogP contribution < -0.4 is 30.4 Å². The van der Waals surface area contributed by atoms with Crippen molar-refractivity contribution >= 4 is 64.5 Å². The molecule has 4 aliphatic heterocycles. The van der Waals surface area contributed by atoms with Gasteiger partial charge in [-0.1, -0.05) is 236 Å². The van der Waals surface area contributed by atoms with E-state index in [2.05, 4.69) is 298 Å². The first kappa shape index (κ1) is 56.6. The SMILES string of the molecule is C1=CCC(N(C2CCCCC2)C2CC3Oc4ccccc4B4C5=CC6B7c8ccccc8N(c8ccccc8)C8CC(N(c9ccc(-c%10ccccc%10)cc9)c9cccc(-c%10ccccc%10)c9)CC(SC6C=C5N(c5ccccc5-c5ccccc5)C(C2)C43)C78)CC1. The normalized spacial score (nSPS) is 26.8. The van der Waals surface area contributed by atoms with Crippen LogP contribution in [0.3, 0.4) is 0 Å². The van der Waals surface area contributed by atoms with E-state index >= 15 is 0 Å². The molecule has 11 unspecified atom stereocenters. The molecule has 0 amide bonds. The van der Waals surface area contributed by atoms with Crippen LogP contribution >= 0.6 is 11.8 Å². The average molecular weight is 1220 g/mol. The Bertz CT molecular complexity index is 4230. The van der Waals surface area contributed by atoms with Crippen LogP contribution in [0.5, 0.6) is 5.75 Å². The molecule has 4 heterocycles. The minimum absolute atomic E-state index is 0.0842. The van der Waals surface area contributed by atoms with E-state index in [4.69, 9.17) is 4.74 Å². The Morgan fingerprint density at radius 2 is 1.10 bits per heavy atom. The minimum Gasteiger partial charge on any atom is -0.491 e. The fourth-order valence-electron chi connectivity index (χ4n) is 19.7. The molecule has 8 heteroatoms. The Morgan fingerprint density at radius 3 is 1.86 bits per heavy atom. The van der Waals surface area contributed by atoms with Crippen LogP contribution in [0.2, 0.25) is 17.5 Å². The molecule has 0 N–H and O–H groups in total. The summed E-state index contributed by atoms with van der Waals surface area (Å²) in [5.74, 6) is 2.07. The summed E-state index contributed by atoms with van der Waals surface area (Å²) < 4.78 is 7.67. The third kappa shape index (κ3) is 9.87. The summed E-state index contributed by atoms with van der Waals surface area (Å²) >= 11 is 2.33. The van der Waals surface area contributed by atoms with Gasteiger partial charge in [-0.15, -0.1) is 0 Å². The molecule has 9 aromatic rings. The van der Waals surface area contributed by atoms with Gasteiger partial charge in [-0.2, -0.15) is 11.8 Å². The Morgan fingerprint density at radius 1 is 0.457 bits per heavy atom. The molecule has 9 aliphatic rings. The molecule has 11 atom stereocenters. The molecule has 454 valence electrons. The number of hydrogen-bond donors (Lipinski definition) is 0. The topological polar surface area (TPSA) is 22.2 Å². The number of fused-ring (bicyclic) bond motifs is 8. The zero-order valence-corrected chi connectivity index (χ0v) is 53.4. The molecule has 0 bridgehead atoms. The highest BCUT2D eigenvalue weighted by atomic mass is 32.2. The third-order valence-corrected chi connectivity index (χ3v) is 24.9. The maximum Gasteiger partial charge on any atom is 0.225 e. The van der Waals surface area contributed by atoms with Gasteiger partial charge in [-0.05, 0) is 163 Å². The van der Waals surface area contributed by atoms with Gasteiger partial charge >= 0.3 is 0 Å². The van der Waals surface area contributed by atoms with Crippen molar-refractivity contribution in [3.63, 3.8) is 0 Å². The molecule has 0 aromatic heterocycles. The van der Waals surface area contributed by atoms with Crippen LogP contribution in [0.1, 0.15) is 77.0 Å². The number of anilines is 5. The fraction of sp³-hybridized carbons (Fsp3) is 0.286. The van der Waals surface area contributed by atoms with E-state index < -0.39 is 0 Å². The summed E-state index contributed by atoms with van der Waals surface area (Å²) in [6, 6.07) is 94.4. The van der Waals surface area contributed by atoms with Crippen molar-refractivity contribution in [2.75, 3.05) is 14.7 Å². The van der Waals surface area contributed by atoms with Crippen molar-refractivity contribution in [1.82, 2.24) is 4.90 Å². The van der Waals surface area contributed by atoms with Crippen molar-refractivity contribution in [3.05, 3.63) is 278 Å². The van der Waals surface area contributed by atoms with Gasteiger partial charge < -0.3 is 19.4 Å². The zero-order valence-electron chi connectivity index (χ0n) is 52.6. The zero-order chi connectivity index (χ0) is 60.6. The lowest BCUT2D eigenvalue weighted by atomic mass is 9.23. The van der Waals surface area contributed by atoms with E-state index in [1.54, 1.807) is 0 Å². The van der Waals surface area contributed by atoms with Crippen LogP contribution in [0.4, 0.5) is 28.4 Å². The lowest BCUT2D eigenvalue weighted by Gasteiger charge is -2.61. The first-order valence-corrected chi connectivity index (χ1v) is 35.8. The first-order valence-electron chi connectivity index (χ1n) is 34.9. The van der Waals surface area contributed by atoms with Gasteiger partial charge in [0, 0.05) is 92.3 Å². The smallest absolute Gasteiger partial charge is 0.225 e. The fourth-order valence-corrected chi connectivity index (χ4v) is 21.6. The Labute approximate surface area is 550 Å². The predicted molar refractivity (Wildman–Crippen MR) is 389 cm³/mol. The number of thioether (sulfide) groups is 1. The molecule has 0 spiro atoms. The molecule has 0 radical (unpaired) electrons. The minimum atomic E-state index is 0.0842. The molecule has 5 aliphatic carbocycles. The van der Waals surface area contributed by atoms with E-state index in [1.807, 2.05) is 0 Å². The molecule has 92 heavy (non-hydrogen) atoms. The maximum atomic E-state index is 7.67. The maximum absolute atomic E-state index is 7.67. The summed E-state index contributed by atoms with van der Waals surface area (Å²) in [4.78, 5) is 11.7. The molecule has 5 fully saturated rings. The number of para-hydroxylation sites is 4. The van der Waals surface area contributed by atoms with E-state index in [0.29, 0.717) is 35.9 Å². The number of hydrogen-bond acceptors (Lipinski definition) is 6. The lowest BCUT2D eigenvalue weighted by Crippen LogP contribution is -2.68. The van der Waals surface area contributed by atoms with Crippen LogP contribution in [0.25, 0.3) is 33.4 Å². The summed E-state index contributed by atoms with van der Waals surface area (Å²) in [5, 5.41) is 0.610. The third-order valence-electron chi connectivity index (χ3n) is 23.3. The van der Waals surface area contributed by atoms with Crippen LogP contribution in [0, 0.1) is 0 Å². The Balaban J connectivity index is 0.816. The van der Waals surface area contributed by atoms with Gasteiger partial charge in [0.25, 0.3) is 0 Å². The summed E-state index contributed by atoms with van der Waals surface area (Å²) in [6.45, 7) is 0.531. The first-order chi connectivity index (χ1) is 45.6. The van der Waals surface area contributed by atoms with Gasteiger partial charge in [-0.3, -0.25) is 4.90 Å². The molecule has 9 aromatic carbocycles. The number of rotatable bonds is 11. The molecule has 3 saturated carbocycles. The second kappa shape index (κ2) is 24.1. The molecular formula is C84H80B2N4OS. The van der Waals surface area contributed by atoms with E-state index in [-0.39, 0.29) is 47.8 Å². The second-order valence-corrected chi connectivity index (χ2v) is 29.4. The molecule has 5 nitrogen and oxygen atoms in total. The number of ether oxygens (including phenoxy) is 1. The van der Waals surface area contributed by atoms with Gasteiger partial charge in [0.15, 0.2) is 6.71 Å². The predicted octanol–water partition coefficient (Wildman–Crippen LogP) is 18.8. The average Bonchev–Trinajstić information content (AvgIpc) is 0.696. The van der Waals surface area contributed by atoms with Gasteiger partial charge in [0.2, 0.25) is 6.71 Å². The molecule has 18 rings (SSSR count). The van der Waals surface area contributed by atoms with Crippen LogP contribution in [0.15, 0.2) is 278 Å². The second-order valence-electron chi connectivity index (χ2n) is 28.0. The van der Waals surface area contributed by atoms with Crippen molar-refractivity contribution in [2.24, 2.45) is 0 Å². The van der Waals surface area contributed by atoms with Gasteiger partial charge in [0.1, 0.15) is 5.75 Å². The van der Waals surface area contributed by atoms with Crippen LogP contribution in [-0.4, -0.2) is 71.2 Å². The lowest BCUT2D eigenvalue weighted by molar-refractivity contribution is -0.000817. The van der Waals surface area contributed by atoms with E-state index in [1.165, 1.54) is 129 Å². The highest BCUT2D eigenvalue weighted by Gasteiger charge is 2.62. The van der Waals surface area contributed by atoms with Crippen LogP contribution in [-0.2, 0) is 0 Å². The van der Waals surface area contributed by atoms with Crippen molar-refractivity contribution in [1.29, 1.82) is 0 Å². The van der Waals surface area contributed by atoms with Crippen molar-refractivity contribution in [3.8, 4) is 39.1 Å². The summed E-state index contributed by atoms with van der Waals surface area (Å²) in [6.07, 6.45) is 25.4. The Kier molecular flexibility index (Phi) is 14.8. The van der Waals surface area contributed by atoms with Gasteiger partial charge in [-0.25, -0.2) is 0 Å². The molecular weight excluding hydrogens is 1130 g/mol. The standard InChI is InChI=1S/C84H80B2N4OS/c1-7-26-57(27-8-1)59-46-48-65(49-47-59)88(66-39-25-32-61(50-66)58-28-9-2-10-29-58)68-52-78-84-82(54-68)92-81-56-76-72(55-73(81)85(84)70-41-20-23-44-75(70)89(78)64-37-17-6-18-38-64)86-71-42-21-24-45-79(71)91-80-53-67(87(62-33-13-4-14-34-62)63-35-15-5-16-36-63)51-77(83(80)86)90(76)74-43-22-19-40-69(74)60-30-11-3-12-31-60/h1-4,6-13,17-32,37-50,55-56,62-63,67-68,73,77-78,80-84H,5,14-16,33-36,51-54H2. The molecule has 2 saturated heterocycles. The monoisotopic (exact) mass is 1210 g/mol. The van der Waals surface area contributed by atoms with Gasteiger partial charge in [0.05, 0.1) is 6.10 Å². The number of allylic oxidation sites excluding steroid dienone is 3. The summed E-state index contributed by atoms with van der Waals surface area (Å²) in [5.41, 5.74) is 20.0. The highest BCUT2D eigenvalue weighted by molar-refractivity contribution is 8.01. The van der Waals surface area contributed by atoms with E-state index in [0.717, 1.165) is 37.9 Å². The number of nitrogens with zero attached hydrogens (tertiary/aromatic N) is 4. The highest BCUT2D eigenvalue weighted by Crippen LogP contribution is 2.62. The number of benzene rings is 9. The van der Waals surface area contributed by atoms with Crippen molar-refractivity contribution < 1.29 is 4.74 Å². The van der Waals surface area contributed by atoms with E-state index in [9.17, 15) is 0 Å². The Hall–Kier alpha value is -8.16. The largest absolute Gasteiger partial charge is 0.491 e. The van der Waals surface area contributed by atoms with Crippen molar-refractivity contribution in [2.45, 2.75) is 147 Å². The quantitative estimate of drug-likeness (QED) is 0.0944.